The number of nitrogens with two attached hydrogens (primary N) is 1. The van der Waals surface area contributed by atoms with Gasteiger partial charge in [0.15, 0.2) is 0 Å². The number of hydrogen-bond donors (Lipinski definition) is 3. The molecule has 3 aromatic rings. The molecule has 0 spiro atoms. The fourth-order valence-corrected chi connectivity index (χ4v) is 3.30. The Labute approximate surface area is 182 Å². The lowest BCUT2D eigenvalue weighted by Crippen LogP contribution is -2.52. The van der Waals surface area contributed by atoms with Crippen LogP contribution in [-0.2, 0) is 22.4 Å². The van der Waals surface area contributed by atoms with Gasteiger partial charge in [-0.1, -0.05) is 66.7 Å². The van der Waals surface area contributed by atoms with Crippen molar-refractivity contribution in [3.63, 3.8) is 0 Å². The molecule has 160 valence electrons. The van der Waals surface area contributed by atoms with Crippen LogP contribution < -0.4 is 16.4 Å². The molecule has 0 bridgehead atoms. The molecule has 6 nitrogen and oxygen atoms in total. The Morgan fingerprint density at radius 1 is 0.839 bits per heavy atom. The number of benzene rings is 2. The molecule has 0 saturated heterocycles. The lowest BCUT2D eigenvalue weighted by Gasteiger charge is -2.24. The molecule has 0 aliphatic carbocycles. The van der Waals surface area contributed by atoms with Crippen LogP contribution in [0.1, 0.15) is 29.8 Å². The van der Waals surface area contributed by atoms with Crippen LogP contribution >= 0.6 is 0 Å². The van der Waals surface area contributed by atoms with E-state index in [1.165, 1.54) is 0 Å². The Hall–Kier alpha value is -3.51. The molecule has 31 heavy (non-hydrogen) atoms. The average molecular weight is 417 g/mol. The Morgan fingerprint density at radius 2 is 1.48 bits per heavy atom. The predicted octanol–water partition coefficient (Wildman–Crippen LogP) is 2.56. The molecule has 3 rings (SSSR count). The van der Waals surface area contributed by atoms with Crippen LogP contribution in [0.2, 0.25) is 0 Å². The first-order chi connectivity index (χ1) is 15.0. The number of rotatable bonds is 9. The SMILES string of the molecule is C[C@H](N)C(=O)N[C@@H](Cc1ccccc1)C(=O)NC(Cc1ccccn1)c1ccccc1. The summed E-state index contributed by atoms with van der Waals surface area (Å²) in [5, 5.41) is 5.91. The van der Waals surface area contributed by atoms with Crippen molar-refractivity contribution in [2.24, 2.45) is 5.73 Å². The molecule has 1 heterocycles. The normalized spacial score (nSPS) is 13.6. The van der Waals surface area contributed by atoms with Gasteiger partial charge in [-0.3, -0.25) is 14.6 Å². The molecule has 0 aliphatic rings. The molecule has 1 aromatic heterocycles. The Kier molecular flexibility index (Phi) is 7.90. The van der Waals surface area contributed by atoms with Gasteiger partial charge in [0, 0.05) is 24.7 Å². The zero-order valence-electron chi connectivity index (χ0n) is 17.6. The predicted molar refractivity (Wildman–Crippen MR) is 121 cm³/mol. The topological polar surface area (TPSA) is 97.1 Å². The number of amides is 2. The van der Waals surface area contributed by atoms with Crippen molar-refractivity contribution in [2.45, 2.75) is 37.9 Å². The largest absolute Gasteiger partial charge is 0.347 e. The third-order valence-electron chi connectivity index (χ3n) is 4.99. The van der Waals surface area contributed by atoms with Crippen molar-refractivity contribution >= 4 is 11.8 Å². The van der Waals surface area contributed by atoms with Gasteiger partial charge >= 0.3 is 0 Å². The van der Waals surface area contributed by atoms with E-state index in [4.69, 9.17) is 5.73 Å². The van der Waals surface area contributed by atoms with Crippen LogP contribution in [0, 0.1) is 0 Å². The number of nitrogens with one attached hydrogen (secondary N) is 2. The second-order valence-corrected chi connectivity index (χ2v) is 7.54. The van der Waals surface area contributed by atoms with Crippen molar-refractivity contribution in [1.82, 2.24) is 15.6 Å². The quantitative estimate of drug-likeness (QED) is 0.499. The third-order valence-corrected chi connectivity index (χ3v) is 4.99. The van der Waals surface area contributed by atoms with E-state index in [0.29, 0.717) is 12.8 Å². The van der Waals surface area contributed by atoms with Crippen LogP contribution in [0.3, 0.4) is 0 Å². The van der Waals surface area contributed by atoms with Crippen molar-refractivity contribution < 1.29 is 9.59 Å². The number of hydrogen-bond acceptors (Lipinski definition) is 4. The monoisotopic (exact) mass is 416 g/mol. The average Bonchev–Trinajstić information content (AvgIpc) is 2.80. The van der Waals surface area contributed by atoms with Crippen LogP contribution in [-0.4, -0.2) is 28.9 Å². The second-order valence-electron chi connectivity index (χ2n) is 7.54. The highest BCUT2D eigenvalue weighted by Gasteiger charge is 2.25. The van der Waals surface area contributed by atoms with Crippen LogP contribution in [0.15, 0.2) is 85.1 Å². The minimum Gasteiger partial charge on any atom is -0.347 e. The minimum atomic E-state index is -0.740. The zero-order chi connectivity index (χ0) is 22.1. The molecule has 4 N–H and O–H groups in total. The minimum absolute atomic E-state index is 0.261. The molecule has 2 aromatic carbocycles. The van der Waals surface area contributed by atoms with E-state index in [1.54, 1.807) is 13.1 Å². The lowest BCUT2D eigenvalue weighted by molar-refractivity contribution is -0.129. The third kappa shape index (κ3) is 6.76. The highest BCUT2D eigenvalue weighted by atomic mass is 16.2. The maximum Gasteiger partial charge on any atom is 0.243 e. The number of pyridine rings is 1. The van der Waals surface area contributed by atoms with Gasteiger partial charge in [0.25, 0.3) is 0 Å². The van der Waals surface area contributed by atoms with Crippen molar-refractivity contribution in [2.75, 3.05) is 0 Å². The van der Waals surface area contributed by atoms with E-state index in [0.717, 1.165) is 16.8 Å². The molecule has 0 aliphatic heterocycles. The van der Waals surface area contributed by atoms with E-state index in [1.807, 2.05) is 78.9 Å². The van der Waals surface area contributed by atoms with Crippen LogP contribution in [0.4, 0.5) is 0 Å². The molecular formula is C25H28N4O2. The smallest absolute Gasteiger partial charge is 0.243 e. The van der Waals surface area contributed by atoms with Gasteiger partial charge in [0.05, 0.1) is 12.1 Å². The number of aromatic nitrogens is 1. The Balaban J connectivity index is 1.81. The fourth-order valence-electron chi connectivity index (χ4n) is 3.30. The molecule has 1 unspecified atom stereocenters. The van der Waals surface area contributed by atoms with Gasteiger partial charge < -0.3 is 16.4 Å². The summed E-state index contributed by atoms with van der Waals surface area (Å²) < 4.78 is 0. The summed E-state index contributed by atoms with van der Waals surface area (Å²) >= 11 is 0. The summed E-state index contributed by atoms with van der Waals surface area (Å²) in [4.78, 5) is 30.0. The molecule has 0 saturated carbocycles. The fraction of sp³-hybridized carbons (Fsp3) is 0.240. The van der Waals surface area contributed by atoms with Crippen LogP contribution in [0.5, 0.6) is 0 Å². The number of nitrogens with zero attached hydrogens (tertiary/aromatic N) is 1. The maximum atomic E-state index is 13.3. The van der Waals surface area contributed by atoms with Crippen molar-refractivity contribution in [3.05, 3.63) is 102 Å². The molecular weight excluding hydrogens is 388 g/mol. The molecule has 0 fully saturated rings. The highest BCUT2D eigenvalue weighted by molar-refractivity contribution is 5.89. The first-order valence-electron chi connectivity index (χ1n) is 10.4. The van der Waals surface area contributed by atoms with Gasteiger partial charge in [0.1, 0.15) is 6.04 Å². The maximum absolute atomic E-state index is 13.3. The standard InChI is InChI=1S/C25H28N4O2/c1-18(26)24(30)29-23(16-19-10-4-2-5-11-19)25(31)28-22(20-12-6-3-7-13-20)17-21-14-8-9-15-27-21/h2-15,18,22-23H,16-17,26H2,1H3,(H,28,31)(H,29,30)/t18-,22?,23-/m0/s1. The van der Waals surface area contributed by atoms with Crippen molar-refractivity contribution in [3.8, 4) is 0 Å². The Bertz CT molecular complexity index is 963. The van der Waals surface area contributed by atoms with Gasteiger partial charge in [0.2, 0.25) is 11.8 Å². The highest BCUT2D eigenvalue weighted by Crippen LogP contribution is 2.18. The number of carbonyl (C=O) groups excluding carboxylic acids is 2. The lowest BCUT2D eigenvalue weighted by atomic mass is 9.99. The summed E-state index contributed by atoms with van der Waals surface area (Å²) in [6.07, 6.45) is 2.65. The summed E-state index contributed by atoms with van der Waals surface area (Å²) in [5.41, 5.74) is 8.51. The Morgan fingerprint density at radius 3 is 2.10 bits per heavy atom. The van der Waals surface area contributed by atoms with Gasteiger partial charge in [-0.15, -0.1) is 0 Å². The van der Waals surface area contributed by atoms with Crippen LogP contribution in [0.25, 0.3) is 0 Å². The van der Waals surface area contributed by atoms with Gasteiger partial charge in [-0.25, -0.2) is 0 Å². The van der Waals surface area contributed by atoms with Gasteiger partial charge in [-0.2, -0.15) is 0 Å². The molecule has 2 amide bonds. The van der Waals surface area contributed by atoms with Crippen molar-refractivity contribution in [1.29, 1.82) is 0 Å². The zero-order valence-corrected chi connectivity index (χ0v) is 17.6. The first kappa shape index (κ1) is 22.2. The molecule has 0 radical (unpaired) electrons. The van der Waals surface area contributed by atoms with Gasteiger partial charge in [-0.05, 0) is 30.2 Å². The number of carbonyl (C=O) groups is 2. The van der Waals surface area contributed by atoms with E-state index in [-0.39, 0.29) is 17.9 Å². The summed E-state index contributed by atoms with van der Waals surface area (Å²) in [6.45, 7) is 1.60. The first-order valence-corrected chi connectivity index (χ1v) is 10.4. The van der Waals surface area contributed by atoms with E-state index in [9.17, 15) is 9.59 Å². The molecule has 3 atom stereocenters. The van der Waals surface area contributed by atoms with E-state index >= 15 is 0 Å². The summed E-state index contributed by atoms with van der Waals surface area (Å²) in [7, 11) is 0. The summed E-state index contributed by atoms with van der Waals surface area (Å²) in [5.74, 6) is -0.625. The van der Waals surface area contributed by atoms with E-state index < -0.39 is 12.1 Å². The van der Waals surface area contributed by atoms with E-state index in [2.05, 4.69) is 15.6 Å². The second kappa shape index (κ2) is 11.0. The molecule has 6 heteroatoms. The summed E-state index contributed by atoms with van der Waals surface area (Å²) in [6, 6.07) is 23.3.